The van der Waals surface area contributed by atoms with Gasteiger partial charge in [0.2, 0.25) is 0 Å². The van der Waals surface area contributed by atoms with E-state index in [2.05, 4.69) is 38.8 Å². The number of carbonyl (C=O) groups is 2. The molecule has 0 amide bonds. The zero-order valence-electron chi connectivity index (χ0n) is 19.5. The van der Waals surface area contributed by atoms with Gasteiger partial charge in [-0.05, 0) is 25.7 Å². The lowest BCUT2D eigenvalue weighted by Gasteiger charge is -2.15. The number of hydrogen-bond donors (Lipinski definition) is 0. The highest BCUT2D eigenvalue weighted by atomic mass is 32.2. The molecule has 0 aromatic rings. The molecule has 0 aromatic carbocycles. The molecule has 0 unspecified atom stereocenters. The molecule has 0 bridgehead atoms. The van der Waals surface area contributed by atoms with E-state index < -0.39 is 0 Å². The molecule has 30 heavy (non-hydrogen) atoms. The maximum absolute atomic E-state index is 11.4. The van der Waals surface area contributed by atoms with E-state index in [0.717, 1.165) is 25.7 Å². The summed E-state index contributed by atoms with van der Waals surface area (Å²) in [6, 6.07) is 1.69. The number of nitriles is 1. The molecule has 0 aliphatic carbocycles. The molecule has 168 valence electrons. The lowest BCUT2D eigenvalue weighted by atomic mass is 10.2. The Balaban J connectivity index is -0.000000416. The fraction of sp³-hybridized carbons (Fsp3) is 0.583. The molecular weight excluding hydrogens is 412 g/mol. The number of allylic oxidation sites excluding steroid dienone is 3. The van der Waals surface area contributed by atoms with Gasteiger partial charge in [0.15, 0.2) is 10.2 Å². The molecule has 0 aliphatic rings. The Morgan fingerprint density at radius 1 is 0.967 bits per heavy atom. The molecule has 0 spiro atoms. The summed E-state index contributed by atoms with van der Waals surface area (Å²) >= 11 is 2.83. The van der Waals surface area contributed by atoms with E-state index in [1.165, 1.54) is 35.8 Å². The molecule has 0 rings (SSSR count). The van der Waals surface area contributed by atoms with Crippen LogP contribution in [0, 0.1) is 17.9 Å². The highest BCUT2D eigenvalue weighted by Crippen LogP contribution is 2.26. The maximum atomic E-state index is 11.4. The monoisotopic (exact) mass is 450 g/mol. The third kappa shape index (κ3) is 37.1. The molecule has 0 aromatic heterocycles. The van der Waals surface area contributed by atoms with Crippen molar-refractivity contribution in [3.8, 4) is 6.07 Å². The average molecular weight is 451 g/mol. The van der Waals surface area contributed by atoms with Gasteiger partial charge < -0.3 is 0 Å². The van der Waals surface area contributed by atoms with Crippen molar-refractivity contribution in [3.05, 3.63) is 49.0 Å². The van der Waals surface area contributed by atoms with Gasteiger partial charge >= 0.3 is 0 Å². The van der Waals surface area contributed by atoms with Crippen molar-refractivity contribution in [1.29, 1.82) is 5.26 Å². The fourth-order valence-electron chi connectivity index (χ4n) is 1.67. The highest BCUT2D eigenvalue weighted by Gasteiger charge is 2.16. The first-order valence-corrected chi connectivity index (χ1v) is 11.5. The van der Waals surface area contributed by atoms with Gasteiger partial charge in [0.1, 0.15) is 6.20 Å². The minimum atomic E-state index is 0.0173. The number of rotatable bonds is 8. The predicted molar refractivity (Wildman–Crippen MR) is 134 cm³/mol. The molecule has 0 radical (unpaired) electrons. The van der Waals surface area contributed by atoms with Crippen molar-refractivity contribution in [3.63, 3.8) is 0 Å². The normalized spacial score (nSPS) is 10.4. The van der Waals surface area contributed by atoms with Gasteiger partial charge in [-0.25, -0.2) is 4.85 Å². The summed E-state index contributed by atoms with van der Waals surface area (Å²) in [5.74, 6) is 0. The number of thioether (sulfide) groups is 2. The minimum absolute atomic E-state index is 0.0173. The van der Waals surface area contributed by atoms with Gasteiger partial charge in [-0.1, -0.05) is 83.8 Å². The first kappa shape index (κ1) is 32.9. The van der Waals surface area contributed by atoms with Crippen LogP contribution in [0.15, 0.2) is 37.6 Å². The third-order valence-corrected chi connectivity index (χ3v) is 4.74. The summed E-state index contributed by atoms with van der Waals surface area (Å²) in [6.07, 6.45) is 11.1. The summed E-state index contributed by atoms with van der Waals surface area (Å²) in [5.41, 5.74) is 0. The first-order chi connectivity index (χ1) is 13.8. The van der Waals surface area contributed by atoms with Crippen LogP contribution in [0.3, 0.4) is 0 Å². The summed E-state index contributed by atoms with van der Waals surface area (Å²) in [4.78, 5) is 25.7. The van der Waals surface area contributed by atoms with Crippen LogP contribution in [0.1, 0.15) is 80.1 Å². The Morgan fingerprint density at radius 2 is 1.37 bits per heavy atom. The van der Waals surface area contributed by atoms with Crippen LogP contribution in [-0.2, 0) is 9.59 Å². The Morgan fingerprint density at radius 3 is 1.67 bits per heavy atom. The summed E-state index contributed by atoms with van der Waals surface area (Å²) in [5, 5.41) is 8.05. The average Bonchev–Trinajstić information content (AvgIpc) is 2.59. The van der Waals surface area contributed by atoms with Crippen LogP contribution < -0.4 is 0 Å². The van der Waals surface area contributed by atoms with E-state index in [4.69, 9.17) is 11.8 Å². The summed E-state index contributed by atoms with van der Waals surface area (Å²) < 4.78 is 0.0781. The summed E-state index contributed by atoms with van der Waals surface area (Å²) in [6.45, 7) is 25.5. The van der Waals surface area contributed by atoms with Crippen molar-refractivity contribution in [2.24, 2.45) is 0 Å². The summed E-state index contributed by atoms with van der Waals surface area (Å²) in [7, 11) is 0. The van der Waals surface area contributed by atoms with E-state index >= 15 is 0 Å². The first-order valence-electron chi connectivity index (χ1n) is 9.89. The maximum Gasteiger partial charge on any atom is 0.189 e. The molecular formula is C24H38N2O2S2. The van der Waals surface area contributed by atoms with E-state index in [1.54, 1.807) is 6.07 Å². The molecule has 0 N–H and O–H groups in total. The Hall–Kier alpha value is -1.76. The van der Waals surface area contributed by atoms with Crippen LogP contribution in [-0.4, -0.2) is 19.7 Å². The minimum Gasteiger partial charge on any atom is -0.287 e. The highest BCUT2D eigenvalue weighted by molar-refractivity contribution is 8.15. The third-order valence-electron chi connectivity index (χ3n) is 2.65. The van der Waals surface area contributed by atoms with E-state index in [0.29, 0.717) is 18.0 Å². The Kier molecular flexibility index (Phi) is 22.5. The topological polar surface area (TPSA) is 62.3 Å². The molecule has 0 heterocycles. The van der Waals surface area contributed by atoms with Crippen LogP contribution in [0.5, 0.6) is 0 Å². The van der Waals surface area contributed by atoms with Crippen LogP contribution in [0.2, 0.25) is 0 Å². The van der Waals surface area contributed by atoms with Crippen LogP contribution >= 0.6 is 23.5 Å². The molecule has 0 atom stereocenters. The number of unbranched alkanes of at least 4 members (excludes halogenated alkanes) is 2. The van der Waals surface area contributed by atoms with E-state index in [9.17, 15) is 9.59 Å². The van der Waals surface area contributed by atoms with Crippen molar-refractivity contribution in [1.82, 2.24) is 0 Å². The zero-order valence-corrected chi connectivity index (χ0v) is 21.1. The van der Waals surface area contributed by atoms with Crippen molar-refractivity contribution >= 4 is 33.8 Å². The lowest BCUT2D eigenvalue weighted by Crippen LogP contribution is -2.11. The smallest absolute Gasteiger partial charge is 0.189 e. The second-order valence-corrected chi connectivity index (χ2v) is 11.9. The van der Waals surface area contributed by atoms with Gasteiger partial charge in [0.25, 0.3) is 0 Å². The molecule has 0 saturated heterocycles. The van der Waals surface area contributed by atoms with Crippen molar-refractivity contribution < 1.29 is 9.59 Å². The van der Waals surface area contributed by atoms with Crippen LogP contribution in [0.4, 0.5) is 0 Å². The fourth-order valence-corrected chi connectivity index (χ4v) is 3.53. The lowest BCUT2D eigenvalue weighted by molar-refractivity contribution is -0.111. The van der Waals surface area contributed by atoms with Crippen molar-refractivity contribution in [2.75, 3.05) is 0 Å². The standard InChI is InChI=1S/C11H17NOS.C10H18OS.C3H3N/c1-11(2,3)14-10(13)8-6-5-7-9-12-4;1-5-6-7-8-9(11)12-10(2,3)4;1-2-3-4/h7,9H,5-6,8H2,1-3H3;5H,1,6-8H2,2-4H3;2H,1H2. The molecule has 4 nitrogen and oxygen atoms in total. The van der Waals surface area contributed by atoms with Gasteiger partial charge in [-0.3, -0.25) is 9.59 Å². The number of nitrogens with zero attached hydrogens (tertiary/aromatic N) is 2. The number of hydrogen-bond acceptors (Lipinski definition) is 5. The predicted octanol–water partition coefficient (Wildman–Crippen LogP) is 7.74. The zero-order chi connectivity index (χ0) is 24.1. The van der Waals surface area contributed by atoms with Gasteiger partial charge in [-0.2, -0.15) is 5.26 Å². The molecule has 0 fully saturated rings. The van der Waals surface area contributed by atoms with E-state index in [-0.39, 0.29) is 14.6 Å². The van der Waals surface area contributed by atoms with Crippen molar-refractivity contribution in [2.45, 2.75) is 89.6 Å². The van der Waals surface area contributed by atoms with Gasteiger partial charge in [-0.15, -0.1) is 6.58 Å². The molecule has 6 heteroatoms. The second kappa shape index (κ2) is 20.5. The second-order valence-electron chi connectivity index (χ2n) is 8.09. The Bertz CT molecular complexity index is 613. The quantitative estimate of drug-likeness (QED) is 0.164. The largest absolute Gasteiger partial charge is 0.287 e. The Labute approximate surface area is 193 Å². The SMILES string of the molecule is C=CC#N.C=CCCCC(=O)SC(C)(C)C.[C-]#[N+]C=CCCCC(=O)SC(C)(C)C. The van der Waals surface area contributed by atoms with Gasteiger partial charge in [0.05, 0.1) is 12.6 Å². The van der Waals surface area contributed by atoms with Gasteiger partial charge in [0, 0.05) is 28.4 Å². The molecule has 0 aliphatic heterocycles. The molecule has 0 saturated carbocycles. The van der Waals surface area contributed by atoms with Crippen LogP contribution in [0.25, 0.3) is 4.85 Å². The van der Waals surface area contributed by atoms with E-state index in [1.807, 2.05) is 32.9 Å². The number of carbonyl (C=O) groups excluding carboxylic acids is 2.